The van der Waals surface area contributed by atoms with Gasteiger partial charge in [-0.25, -0.2) is 4.39 Å². The van der Waals surface area contributed by atoms with E-state index in [1.807, 2.05) is 18.3 Å². The molecule has 2 saturated carbocycles. The molecule has 4 aliphatic rings. The van der Waals surface area contributed by atoms with Crippen LogP contribution < -0.4 is 0 Å². The van der Waals surface area contributed by atoms with E-state index in [9.17, 15) is 9.50 Å². The number of aliphatic hydroxyl groups is 1. The zero-order chi connectivity index (χ0) is 17.7. The van der Waals surface area contributed by atoms with Crippen LogP contribution in [0.15, 0.2) is 48.1 Å². The molecule has 1 N–H and O–H groups in total. The van der Waals surface area contributed by atoms with Crippen molar-refractivity contribution in [2.24, 2.45) is 11.8 Å². The molecular formula is C21H26FN3O. The minimum Gasteiger partial charge on any atom is -0.504 e. The van der Waals surface area contributed by atoms with Crippen LogP contribution in [-0.4, -0.2) is 45.6 Å². The number of rotatable bonds is 5. The van der Waals surface area contributed by atoms with Gasteiger partial charge in [0.15, 0.2) is 5.76 Å². The Bertz CT molecular complexity index is 724. The topological polar surface area (TPSA) is 30.0 Å². The van der Waals surface area contributed by atoms with E-state index >= 15 is 0 Å². The lowest BCUT2D eigenvalue weighted by atomic mass is 10.0. The lowest BCUT2D eigenvalue weighted by molar-refractivity contribution is 0.0938. The zero-order valence-electron chi connectivity index (χ0n) is 15.0. The van der Waals surface area contributed by atoms with Crippen LogP contribution in [0, 0.1) is 17.7 Å². The SMILES string of the molecule is OC1=CN(C(C2CC2)C2CC2)CN2CCN(Cc3ccc(F)cc3)C=C12. The summed E-state index contributed by atoms with van der Waals surface area (Å²) < 4.78 is 13.1. The number of aliphatic hydroxyl groups excluding tert-OH is 1. The molecule has 0 atom stereocenters. The Morgan fingerprint density at radius 2 is 1.69 bits per heavy atom. The second kappa shape index (κ2) is 6.22. The van der Waals surface area contributed by atoms with Gasteiger partial charge in [-0.05, 0) is 55.2 Å². The molecule has 0 amide bonds. The van der Waals surface area contributed by atoms with Crippen molar-refractivity contribution in [3.05, 3.63) is 59.5 Å². The number of hydrogen-bond acceptors (Lipinski definition) is 4. The van der Waals surface area contributed by atoms with Gasteiger partial charge in [0, 0.05) is 38.1 Å². The van der Waals surface area contributed by atoms with Crippen molar-refractivity contribution in [3.63, 3.8) is 0 Å². The van der Waals surface area contributed by atoms with Crippen LogP contribution in [0.5, 0.6) is 0 Å². The lowest BCUT2D eigenvalue weighted by Crippen LogP contribution is -2.49. The van der Waals surface area contributed by atoms with Gasteiger partial charge in [0.05, 0.1) is 12.4 Å². The maximum atomic E-state index is 13.1. The summed E-state index contributed by atoms with van der Waals surface area (Å²) in [6.07, 6.45) is 9.42. The zero-order valence-corrected chi connectivity index (χ0v) is 15.0. The predicted molar refractivity (Wildman–Crippen MR) is 98.3 cm³/mol. The van der Waals surface area contributed by atoms with Crippen LogP contribution in [0.3, 0.4) is 0 Å². The Kier molecular flexibility index (Phi) is 3.84. The van der Waals surface area contributed by atoms with Gasteiger partial charge >= 0.3 is 0 Å². The van der Waals surface area contributed by atoms with E-state index in [1.54, 1.807) is 0 Å². The third-order valence-corrected chi connectivity index (χ3v) is 6.08. The fourth-order valence-electron chi connectivity index (χ4n) is 4.46. The van der Waals surface area contributed by atoms with Crippen molar-refractivity contribution >= 4 is 0 Å². The molecule has 5 rings (SSSR count). The standard InChI is InChI=1S/C21H26FN3O/c22-18-7-1-15(2-8-18)11-23-9-10-24-14-25(13-20(26)19(24)12-23)21(16-3-4-16)17-5-6-17/h1-2,7-8,12-13,16-17,21,26H,3-6,9-11,14H2. The van der Waals surface area contributed by atoms with Gasteiger partial charge in [0.1, 0.15) is 5.82 Å². The molecule has 2 aliphatic carbocycles. The van der Waals surface area contributed by atoms with Gasteiger partial charge < -0.3 is 19.8 Å². The molecule has 1 aromatic carbocycles. The van der Waals surface area contributed by atoms with Crippen molar-refractivity contribution < 1.29 is 9.50 Å². The molecule has 0 radical (unpaired) electrons. The fraction of sp³-hybridized carbons (Fsp3) is 0.524. The molecular weight excluding hydrogens is 329 g/mol. The number of fused-ring (bicyclic) bond motifs is 1. The van der Waals surface area contributed by atoms with Gasteiger partial charge in [-0.3, -0.25) is 0 Å². The molecule has 1 aromatic rings. The highest BCUT2D eigenvalue weighted by Crippen LogP contribution is 2.48. The predicted octanol–water partition coefficient (Wildman–Crippen LogP) is 3.65. The molecule has 0 unspecified atom stereocenters. The van der Waals surface area contributed by atoms with E-state index in [4.69, 9.17) is 0 Å². The first kappa shape index (κ1) is 16.0. The molecule has 0 saturated heterocycles. The van der Waals surface area contributed by atoms with Gasteiger partial charge in [-0.2, -0.15) is 0 Å². The number of hydrogen-bond donors (Lipinski definition) is 1. The van der Waals surface area contributed by atoms with E-state index in [2.05, 4.69) is 20.9 Å². The Morgan fingerprint density at radius 1 is 1.00 bits per heavy atom. The van der Waals surface area contributed by atoms with Crippen molar-refractivity contribution in [2.75, 3.05) is 19.8 Å². The van der Waals surface area contributed by atoms with Crippen molar-refractivity contribution in [2.45, 2.75) is 38.3 Å². The summed E-state index contributed by atoms with van der Waals surface area (Å²) >= 11 is 0. The van der Waals surface area contributed by atoms with Crippen LogP contribution >= 0.6 is 0 Å². The summed E-state index contributed by atoms with van der Waals surface area (Å²) in [5.41, 5.74) is 2.00. The molecule has 0 aromatic heterocycles. The van der Waals surface area contributed by atoms with E-state index in [1.165, 1.54) is 37.8 Å². The van der Waals surface area contributed by atoms with E-state index < -0.39 is 0 Å². The first-order valence-electron chi connectivity index (χ1n) is 9.79. The third kappa shape index (κ3) is 3.15. The first-order chi connectivity index (χ1) is 12.7. The van der Waals surface area contributed by atoms with Gasteiger partial charge in [-0.1, -0.05) is 12.1 Å². The molecule has 2 fully saturated rings. The molecule has 2 aliphatic heterocycles. The normalized spacial score (nSPS) is 23.1. The van der Waals surface area contributed by atoms with Crippen LogP contribution in [0.4, 0.5) is 4.39 Å². The highest BCUT2D eigenvalue weighted by Gasteiger charge is 2.45. The summed E-state index contributed by atoms with van der Waals surface area (Å²) in [5.74, 6) is 1.84. The smallest absolute Gasteiger partial charge is 0.156 e. The maximum Gasteiger partial charge on any atom is 0.156 e. The molecule has 0 bridgehead atoms. The van der Waals surface area contributed by atoms with Crippen molar-refractivity contribution in [1.82, 2.24) is 14.7 Å². The monoisotopic (exact) mass is 355 g/mol. The lowest BCUT2D eigenvalue weighted by Gasteiger charge is -2.44. The van der Waals surface area contributed by atoms with Gasteiger partial charge in [-0.15, -0.1) is 0 Å². The average Bonchev–Trinajstić information content (AvgIpc) is 3.53. The summed E-state index contributed by atoms with van der Waals surface area (Å²) in [7, 11) is 0. The molecule has 138 valence electrons. The first-order valence-corrected chi connectivity index (χ1v) is 9.79. The Hall–Kier alpha value is -2.17. The average molecular weight is 355 g/mol. The van der Waals surface area contributed by atoms with Crippen LogP contribution in [0.2, 0.25) is 0 Å². The number of halogens is 1. The Balaban J connectivity index is 1.33. The van der Waals surface area contributed by atoms with E-state index in [0.29, 0.717) is 11.8 Å². The second-order valence-electron chi connectivity index (χ2n) is 8.21. The van der Waals surface area contributed by atoms with Gasteiger partial charge in [0.25, 0.3) is 0 Å². The quantitative estimate of drug-likeness (QED) is 0.873. The largest absolute Gasteiger partial charge is 0.504 e. The van der Waals surface area contributed by atoms with Crippen LogP contribution in [-0.2, 0) is 6.54 Å². The minimum atomic E-state index is -0.203. The fourth-order valence-corrected chi connectivity index (χ4v) is 4.46. The summed E-state index contributed by atoms with van der Waals surface area (Å²) in [6, 6.07) is 7.29. The molecule has 5 heteroatoms. The summed E-state index contributed by atoms with van der Waals surface area (Å²) in [5, 5.41) is 10.7. The van der Waals surface area contributed by atoms with E-state index in [0.717, 1.165) is 49.4 Å². The molecule has 2 heterocycles. The van der Waals surface area contributed by atoms with Crippen LogP contribution in [0.1, 0.15) is 31.2 Å². The third-order valence-electron chi connectivity index (χ3n) is 6.08. The Morgan fingerprint density at radius 3 is 2.35 bits per heavy atom. The highest BCUT2D eigenvalue weighted by atomic mass is 19.1. The molecule has 0 spiro atoms. The molecule has 4 nitrogen and oxygen atoms in total. The van der Waals surface area contributed by atoms with Crippen molar-refractivity contribution in [1.29, 1.82) is 0 Å². The van der Waals surface area contributed by atoms with Crippen LogP contribution in [0.25, 0.3) is 0 Å². The molecule has 26 heavy (non-hydrogen) atoms. The summed E-state index contributed by atoms with van der Waals surface area (Å²) in [4.78, 5) is 6.91. The number of benzene rings is 1. The minimum absolute atomic E-state index is 0.203. The second-order valence-corrected chi connectivity index (χ2v) is 8.21. The highest BCUT2D eigenvalue weighted by molar-refractivity contribution is 5.28. The number of nitrogens with zero attached hydrogens (tertiary/aromatic N) is 3. The van der Waals surface area contributed by atoms with Crippen molar-refractivity contribution in [3.8, 4) is 0 Å². The summed E-state index contributed by atoms with van der Waals surface area (Å²) in [6.45, 7) is 3.45. The van der Waals surface area contributed by atoms with E-state index in [-0.39, 0.29) is 5.82 Å². The van der Waals surface area contributed by atoms with Gasteiger partial charge in [0.2, 0.25) is 0 Å². The Labute approximate surface area is 154 Å². The maximum absolute atomic E-state index is 13.1.